The Morgan fingerprint density at radius 1 is 1.39 bits per heavy atom. The highest BCUT2D eigenvalue weighted by Crippen LogP contribution is 2.26. The fourth-order valence-electron chi connectivity index (χ4n) is 2.59. The minimum Gasteiger partial charge on any atom is -0.481 e. The molecular weight excluding hydrogens is 232 g/mol. The molecule has 1 rings (SSSR count). The standard InChI is InChI=1S/C13H24N2O3/c1-8-5-9(2)11(4)15(7-8)13(18)14-10(3)6-12(16)17/h8-11H,5-7H2,1-4H3,(H,14,18)(H,16,17). The van der Waals surface area contributed by atoms with Crippen molar-refractivity contribution in [1.82, 2.24) is 10.2 Å². The SMILES string of the molecule is CC1CC(C)C(C)N(C(=O)NC(C)CC(=O)O)C1. The maximum absolute atomic E-state index is 12.1. The van der Waals surface area contributed by atoms with Gasteiger partial charge in [0.1, 0.15) is 0 Å². The number of likely N-dealkylation sites (tertiary alicyclic amines) is 1. The van der Waals surface area contributed by atoms with E-state index in [-0.39, 0.29) is 24.5 Å². The molecule has 5 nitrogen and oxygen atoms in total. The molecule has 0 radical (unpaired) electrons. The molecule has 0 aromatic carbocycles. The third-order valence-corrected chi connectivity index (χ3v) is 3.71. The normalized spacial score (nSPS) is 29.8. The van der Waals surface area contributed by atoms with Gasteiger partial charge in [-0.05, 0) is 32.1 Å². The van der Waals surface area contributed by atoms with Crippen LogP contribution in [-0.4, -0.2) is 40.6 Å². The van der Waals surface area contributed by atoms with Crippen molar-refractivity contribution in [2.24, 2.45) is 11.8 Å². The zero-order chi connectivity index (χ0) is 13.9. The molecule has 5 heteroatoms. The van der Waals surface area contributed by atoms with Crippen LogP contribution in [0.1, 0.15) is 40.5 Å². The molecule has 1 saturated heterocycles. The van der Waals surface area contributed by atoms with Gasteiger partial charge in [-0.1, -0.05) is 13.8 Å². The van der Waals surface area contributed by atoms with E-state index in [9.17, 15) is 9.59 Å². The monoisotopic (exact) mass is 256 g/mol. The zero-order valence-corrected chi connectivity index (χ0v) is 11.6. The van der Waals surface area contributed by atoms with Gasteiger partial charge >= 0.3 is 12.0 Å². The van der Waals surface area contributed by atoms with E-state index in [4.69, 9.17) is 5.11 Å². The summed E-state index contributed by atoms with van der Waals surface area (Å²) in [5.74, 6) is 0.0854. The number of nitrogens with one attached hydrogen (secondary N) is 1. The molecule has 2 N–H and O–H groups in total. The van der Waals surface area contributed by atoms with Gasteiger partial charge in [0.2, 0.25) is 0 Å². The van der Waals surface area contributed by atoms with Gasteiger partial charge in [-0.3, -0.25) is 4.79 Å². The number of carboxylic acid groups (broad SMARTS) is 1. The molecule has 1 aliphatic heterocycles. The van der Waals surface area contributed by atoms with Crippen molar-refractivity contribution in [3.05, 3.63) is 0 Å². The summed E-state index contributed by atoms with van der Waals surface area (Å²) in [6.07, 6.45) is 1.09. The van der Waals surface area contributed by atoms with Crippen LogP contribution in [0, 0.1) is 11.8 Å². The predicted molar refractivity (Wildman–Crippen MR) is 69.4 cm³/mol. The molecule has 4 atom stereocenters. The van der Waals surface area contributed by atoms with Gasteiger partial charge in [0.15, 0.2) is 0 Å². The second-order valence-corrected chi connectivity index (χ2v) is 5.66. The third-order valence-electron chi connectivity index (χ3n) is 3.71. The van der Waals surface area contributed by atoms with Crippen LogP contribution in [-0.2, 0) is 4.79 Å². The summed E-state index contributed by atoms with van der Waals surface area (Å²) >= 11 is 0. The number of hydrogen-bond donors (Lipinski definition) is 2. The highest BCUT2D eigenvalue weighted by molar-refractivity contribution is 5.76. The molecule has 18 heavy (non-hydrogen) atoms. The van der Waals surface area contributed by atoms with Crippen molar-refractivity contribution in [1.29, 1.82) is 0 Å². The van der Waals surface area contributed by atoms with Gasteiger partial charge < -0.3 is 15.3 Å². The van der Waals surface area contributed by atoms with Gasteiger partial charge in [-0.2, -0.15) is 0 Å². The van der Waals surface area contributed by atoms with Gasteiger partial charge in [0, 0.05) is 18.6 Å². The maximum atomic E-state index is 12.1. The quantitative estimate of drug-likeness (QED) is 0.810. The summed E-state index contributed by atoms with van der Waals surface area (Å²) in [6, 6.07) is -0.275. The number of rotatable bonds is 3. The van der Waals surface area contributed by atoms with Gasteiger partial charge in [-0.15, -0.1) is 0 Å². The average molecular weight is 256 g/mol. The molecule has 1 fully saturated rings. The van der Waals surface area contributed by atoms with Crippen molar-refractivity contribution >= 4 is 12.0 Å². The fraction of sp³-hybridized carbons (Fsp3) is 0.846. The molecule has 0 aromatic heterocycles. The van der Waals surface area contributed by atoms with Crippen LogP contribution in [0.4, 0.5) is 4.79 Å². The summed E-state index contributed by atoms with van der Waals surface area (Å²) in [5.41, 5.74) is 0. The molecule has 0 saturated carbocycles. The Morgan fingerprint density at radius 2 is 2.00 bits per heavy atom. The van der Waals surface area contributed by atoms with Crippen LogP contribution in [0.2, 0.25) is 0 Å². The van der Waals surface area contributed by atoms with Crippen LogP contribution >= 0.6 is 0 Å². The minimum atomic E-state index is -0.892. The number of nitrogens with zero attached hydrogens (tertiary/aromatic N) is 1. The van der Waals surface area contributed by atoms with Crippen molar-refractivity contribution in [2.75, 3.05) is 6.54 Å². The largest absolute Gasteiger partial charge is 0.481 e. The molecule has 1 aliphatic rings. The number of carbonyl (C=O) groups excluding carboxylic acids is 1. The Hall–Kier alpha value is -1.26. The second kappa shape index (κ2) is 6.07. The van der Waals surface area contributed by atoms with Crippen molar-refractivity contribution in [3.63, 3.8) is 0 Å². The third kappa shape index (κ3) is 3.89. The number of piperidine rings is 1. The maximum Gasteiger partial charge on any atom is 0.317 e. The van der Waals surface area contributed by atoms with E-state index < -0.39 is 5.97 Å². The van der Waals surface area contributed by atoms with E-state index in [2.05, 4.69) is 26.1 Å². The summed E-state index contributed by atoms with van der Waals surface area (Å²) in [7, 11) is 0. The number of carbonyl (C=O) groups is 2. The summed E-state index contributed by atoms with van der Waals surface area (Å²) in [5, 5.41) is 11.4. The fourth-order valence-corrected chi connectivity index (χ4v) is 2.59. The lowest BCUT2D eigenvalue weighted by atomic mass is 9.86. The van der Waals surface area contributed by atoms with Gasteiger partial charge in [0.05, 0.1) is 6.42 Å². The van der Waals surface area contributed by atoms with Crippen molar-refractivity contribution in [3.8, 4) is 0 Å². The topological polar surface area (TPSA) is 69.6 Å². The number of urea groups is 1. The summed E-state index contributed by atoms with van der Waals surface area (Å²) in [6.45, 7) is 8.81. The lowest BCUT2D eigenvalue weighted by Gasteiger charge is -2.41. The van der Waals surface area contributed by atoms with Crippen LogP contribution in [0.25, 0.3) is 0 Å². The van der Waals surface area contributed by atoms with Crippen molar-refractivity contribution in [2.45, 2.75) is 52.6 Å². The second-order valence-electron chi connectivity index (χ2n) is 5.66. The van der Waals surface area contributed by atoms with Crippen LogP contribution in [0.5, 0.6) is 0 Å². The Morgan fingerprint density at radius 3 is 2.56 bits per heavy atom. The number of hydrogen-bond acceptors (Lipinski definition) is 2. The smallest absolute Gasteiger partial charge is 0.317 e. The van der Waals surface area contributed by atoms with Gasteiger partial charge in [-0.25, -0.2) is 4.79 Å². The lowest BCUT2D eigenvalue weighted by Crippen LogP contribution is -2.54. The van der Waals surface area contributed by atoms with Crippen LogP contribution in [0.15, 0.2) is 0 Å². The molecule has 0 aromatic rings. The number of amides is 2. The molecule has 0 aliphatic carbocycles. The molecule has 104 valence electrons. The van der Waals surface area contributed by atoms with E-state index in [1.165, 1.54) is 0 Å². The van der Waals surface area contributed by atoms with Crippen molar-refractivity contribution < 1.29 is 14.7 Å². The average Bonchev–Trinajstić information content (AvgIpc) is 2.21. The Labute approximate surface area is 109 Å². The van der Waals surface area contributed by atoms with E-state index >= 15 is 0 Å². The highest BCUT2D eigenvalue weighted by atomic mass is 16.4. The van der Waals surface area contributed by atoms with E-state index in [0.717, 1.165) is 13.0 Å². The lowest BCUT2D eigenvalue weighted by molar-refractivity contribution is -0.137. The molecule has 4 unspecified atom stereocenters. The van der Waals surface area contributed by atoms with Crippen LogP contribution in [0.3, 0.4) is 0 Å². The first-order chi connectivity index (χ1) is 8.31. The van der Waals surface area contributed by atoms with Gasteiger partial charge in [0.25, 0.3) is 0 Å². The minimum absolute atomic E-state index is 0.0426. The summed E-state index contributed by atoms with van der Waals surface area (Å²) < 4.78 is 0. The van der Waals surface area contributed by atoms with E-state index in [0.29, 0.717) is 11.8 Å². The first-order valence-corrected chi connectivity index (χ1v) is 6.60. The first-order valence-electron chi connectivity index (χ1n) is 6.60. The zero-order valence-electron chi connectivity index (χ0n) is 11.6. The summed E-state index contributed by atoms with van der Waals surface area (Å²) in [4.78, 5) is 24.5. The Kier molecular flexibility index (Phi) is 4.99. The molecule has 0 bridgehead atoms. The molecular formula is C13H24N2O3. The van der Waals surface area contributed by atoms with E-state index in [1.54, 1.807) is 6.92 Å². The molecule has 1 heterocycles. The molecule has 0 spiro atoms. The number of aliphatic carboxylic acids is 1. The van der Waals surface area contributed by atoms with Crippen LogP contribution < -0.4 is 5.32 Å². The number of carboxylic acids is 1. The highest BCUT2D eigenvalue weighted by Gasteiger charge is 2.32. The first kappa shape index (κ1) is 14.8. The Balaban J connectivity index is 2.56. The molecule has 2 amide bonds. The Bertz CT molecular complexity index is 319. The predicted octanol–water partition coefficient (Wildman–Crippen LogP) is 1.93. The van der Waals surface area contributed by atoms with E-state index in [1.807, 2.05) is 4.90 Å².